The fourth-order valence-corrected chi connectivity index (χ4v) is 2.68. The van der Waals surface area contributed by atoms with E-state index in [0.29, 0.717) is 22.8 Å². The molecule has 0 bridgehead atoms. The van der Waals surface area contributed by atoms with Crippen molar-refractivity contribution >= 4 is 28.9 Å². The van der Waals surface area contributed by atoms with Crippen LogP contribution >= 0.6 is 0 Å². The van der Waals surface area contributed by atoms with E-state index < -0.39 is 5.97 Å². The molecule has 0 heterocycles. The molecule has 1 atom stereocenters. The molecule has 2 rings (SSSR count). The molecule has 0 spiro atoms. The third-order valence-corrected chi connectivity index (χ3v) is 3.99. The second-order valence-corrected chi connectivity index (χ2v) is 5.87. The minimum Gasteiger partial charge on any atom is -0.495 e. The summed E-state index contributed by atoms with van der Waals surface area (Å²) in [5, 5.41) is 8.91. The number of carboxylic acids is 1. The van der Waals surface area contributed by atoms with Gasteiger partial charge in [-0.1, -0.05) is 19.1 Å². The Morgan fingerprint density at radius 1 is 1.16 bits per heavy atom. The SMILES string of the molecule is COc1cc(N(C(C)=O)c2ccc(C(C)CC(=O)O)cc2)ccc1N. The number of amides is 1. The number of carbonyl (C=O) groups is 2. The lowest BCUT2D eigenvalue weighted by atomic mass is 9.97. The van der Waals surface area contributed by atoms with Gasteiger partial charge in [0.2, 0.25) is 5.91 Å². The van der Waals surface area contributed by atoms with Crippen molar-refractivity contribution in [1.29, 1.82) is 0 Å². The lowest BCUT2D eigenvalue weighted by Crippen LogP contribution is -2.22. The Morgan fingerprint density at radius 3 is 2.28 bits per heavy atom. The van der Waals surface area contributed by atoms with Crippen LogP contribution in [0.3, 0.4) is 0 Å². The summed E-state index contributed by atoms with van der Waals surface area (Å²) in [6, 6.07) is 12.4. The topological polar surface area (TPSA) is 92.9 Å². The van der Waals surface area contributed by atoms with E-state index in [1.54, 1.807) is 35.2 Å². The number of methoxy groups -OCH3 is 1. The Balaban J connectivity index is 2.35. The number of nitrogens with zero attached hydrogens (tertiary/aromatic N) is 1. The molecule has 0 saturated heterocycles. The Kier molecular flexibility index (Phi) is 5.64. The zero-order valence-corrected chi connectivity index (χ0v) is 14.5. The van der Waals surface area contributed by atoms with E-state index in [0.717, 1.165) is 5.56 Å². The van der Waals surface area contributed by atoms with Gasteiger partial charge < -0.3 is 15.6 Å². The summed E-state index contributed by atoms with van der Waals surface area (Å²) in [7, 11) is 1.52. The highest BCUT2D eigenvalue weighted by Crippen LogP contribution is 2.33. The number of hydrogen-bond donors (Lipinski definition) is 2. The standard InChI is InChI=1S/C19H22N2O4/c1-12(10-19(23)24)14-4-6-15(7-5-14)21(13(2)22)16-8-9-17(20)18(11-16)25-3/h4-9,11-12H,10,20H2,1-3H3,(H,23,24). The minimum absolute atomic E-state index is 0.0604. The highest BCUT2D eigenvalue weighted by molar-refractivity contribution is 5.99. The summed E-state index contributed by atoms with van der Waals surface area (Å²) in [6.07, 6.45) is 0.0604. The van der Waals surface area contributed by atoms with Crippen LogP contribution < -0.4 is 15.4 Å². The van der Waals surface area contributed by atoms with Crippen molar-refractivity contribution in [3.63, 3.8) is 0 Å². The Hall–Kier alpha value is -3.02. The number of nitrogens with two attached hydrogens (primary N) is 1. The van der Waals surface area contributed by atoms with Crippen LogP contribution in [0.25, 0.3) is 0 Å². The van der Waals surface area contributed by atoms with Crippen LogP contribution in [0.15, 0.2) is 42.5 Å². The molecular weight excluding hydrogens is 320 g/mol. The van der Waals surface area contributed by atoms with E-state index >= 15 is 0 Å². The number of nitrogen functional groups attached to an aromatic ring is 1. The molecule has 3 N–H and O–H groups in total. The fraction of sp³-hybridized carbons (Fsp3) is 0.263. The molecule has 0 radical (unpaired) electrons. The van der Waals surface area contributed by atoms with Crippen molar-refractivity contribution in [3.05, 3.63) is 48.0 Å². The maximum Gasteiger partial charge on any atom is 0.303 e. The van der Waals surface area contributed by atoms with E-state index in [1.165, 1.54) is 14.0 Å². The van der Waals surface area contributed by atoms with Gasteiger partial charge in [0.1, 0.15) is 5.75 Å². The first-order valence-electron chi connectivity index (χ1n) is 7.89. The highest BCUT2D eigenvalue weighted by atomic mass is 16.5. The van der Waals surface area contributed by atoms with Gasteiger partial charge in [-0.05, 0) is 35.7 Å². The molecule has 6 nitrogen and oxygen atoms in total. The molecule has 1 amide bonds. The second-order valence-electron chi connectivity index (χ2n) is 5.87. The molecule has 0 aliphatic heterocycles. The van der Waals surface area contributed by atoms with Crippen LogP contribution in [0.1, 0.15) is 31.7 Å². The first kappa shape index (κ1) is 18.3. The molecule has 1 unspecified atom stereocenters. The van der Waals surface area contributed by atoms with E-state index in [9.17, 15) is 9.59 Å². The average molecular weight is 342 g/mol. The quantitative estimate of drug-likeness (QED) is 0.783. The molecular formula is C19H22N2O4. The smallest absolute Gasteiger partial charge is 0.303 e. The average Bonchev–Trinajstić information content (AvgIpc) is 2.56. The number of aliphatic carboxylic acids is 1. The van der Waals surface area contributed by atoms with Gasteiger partial charge in [0.25, 0.3) is 0 Å². The van der Waals surface area contributed by atoms with Gasteiger partial charge in [-0.3, -0.25) is 14.5 Å². The Bertz CT molecular complexity index is 771. The van der Waals surface area contributed by atoms with Crippen LogP contribution in [0.5, 0.6) is 5.75 Å². The van der Waals surface area contributed by atoms with Gasteiger partial charge in [0, 0.05) is 18.7 Å². The molecule has 0 aliphatic rings. The minimum atomic E-state index is -0.837. The van der Waals surface area contributed by atoms with E-state index in [1.807, 2.05) is 19.1 Å². The predicted octanol–water partition coefficient (Wildman–Crippen LogP) is 3.54. The molecule has 0 aliphatic carbocycles. The Morgan fingerprint density at radius 2 is 1.76 bits per heavy atom. The maximum absolute atomic E-state index is 12.2. The molecule has 0 saturated carbocycles. The predicted molar refractivity (Wildman–Crippen MR) is 97.3 cm³/mol. The van der Waals surface area contributed by atoms with Crippen molar-refractivity contribution in [2.75, 3.05) is 17.7 Å². The summed E-state index contributed by atoms with van der Waals surface area (Å²) in [5.41, 5.74) is 8.56. The van der Waals surface area contributed by atoms with Gasteiger partial charge >= 0.3 is 5.97 Å². The lowest BCUT2D eigenvalue weighted by molar-refractivity contribution is -0.137. The summed E-state index contributed by atoms with van der Waals surface area (Å²) >= 11 is 0. The van der Waals surface area contributed by atoms with Gasteiger partial charge in [0.05, 0.1) is 24.9 Å². The van der Waals surface area contributed by atoms with Gasteiger partial charge in [-0.25, -0.2) is 0 Å². The van der Waals surface area contributed by atoms with Gasteiger partial charge in [-0.2, -0.15) is 0 Å². The van der Waals surface area contributed by atoms with E-state index in [-0.39, 0.29) is 18.2 Å². The summed E-state index contributed by atoms with van der Waals surface area (Å²) in [6.45, 7) is 3.33. The first-order chi connectivity index (χ1) is 11.8. The third kappa shape index (κ3) is 4.29. The van der Waals surface area contributed by atoms with Crippen LogP contribution in [0, 0.1) is 0 Å². The summed E-state index contributed by atoms with van der Waals surface area (Å²) in [4.78, 5) is 24.6. The van der Waals surface area contributed by atoms with Gasteiger partial charge in [-0.15, -0.1) is 0 Å². The van der Waals surface area contributed by atoms with Crippen molar-refractivity contribution in [2.24, 2.45) is 0 Å². The maximum atomic E-state index is 12.2. The van der Waals surface area contributed by atoms with Crippen molar-refractivity contribution in [2.45, 2.75) is 26.2 Å². The molecule has 0 aromatic heterocycles. The molecule has 25 heavy (non-hydrogen) atoms. The Labute approximate surface area is 146 Å². The van der Waals surface area contributed by atoms with Gasteiger partial charge in [0.15, 0.2) is 0 Å². The number of hydrogen-bond acceptors (Lipinski definition) is 4. The second kappa shape index (κ2) is 7.70. The van der Waals surface area contributed by atoms with Crippen LogP contribution in [0.4, 0.5) is 17.1 Å². The number of carboxylic acid groups (broad SMARTS) is 1. The van der Waals surface area contributed by atoms with Crippen LogP contribution in [-0.4, -0.2) is 24.1 Å². The number of rotatable bonds is 6. The first-order valence-corrected chi connectivity index (χ1v) is 7.89. The zero-order valence-electron chi connectivity index (χ0n) is 14.5. The lowest BCUT2D eigenvalue weighted by Gasteiger charge is -2.23. The molecule has 0 fully saturated rings. The fourth-order valence-electron chi connectivity index (χ4n) is 2.68. The number of ether oxygens (including phenoxy) is 1. The highest BCUT2D eigenvalue weighted by Gasteiger charge is 2.17. The summed E-state index contributed by atoms with van der Waals surface area (Å²) < 4.78 is 5.22. The molecule has 132 valence electrons. The number of carbonyl (C=O) groups excluding carboxylic acids is 1. The zero-order chi connectivity index (χ0) is 18.6. The van der Waals surface area contributed by atoms with Crippen molar-refractivity contribution in [3.8, 4) is 5.75 Å². The largest absolute Gasteiger partial charge is 0.495 e. The summed E-state index contributed by atoms with van der Waals surface area (Å²) in [5.74, 6) is -0.599. The van der Waals surface area contributed by atoms with Crippen LogP contribution in [-0.2, 0) is 9.59 Å². The van der Waals surface area contributed by atoms with E-state index in [4.69, 9.17) is 15.6 Å². The normalized spacial score (nSPS) is 11.6. The molecule has 2 aromatic carbocycles. The van der Waals surface area contributed by atoms with Crippen LogP contribution in [0.2, 0.25) is 0 Å². The monoisotopic (exact) mass is 342 g/mol. The van der Waals surface area contributed by atoms with Crippen molar-refractivity contribution in [1.82, 2.24) is 0 Å². The third-order valence-electron chi connectivity index (χ3n) is 3.99. The van der Waals surface area contributed by atoms with E-state index in [2.05, 4.69) is 0 Å². The molecule has 2 aromatic rings. The number of anilines is 3. The number of benzene rings is 2. The van der Waals surface area contributed by atoms with Crippen molar-refractivity contribution < 1.29 is 19.4 Å². The molecule has 6 heteroatoms.